The lowest BCUT2D eigenvalue weighted by molar-refractivity contribution is 1.41. The third kappa shape index (κ3) is 3.91. The van der Waals surface area contributed by atoms with E-state index in [0.29, 0.717) is 0 Å². The standard InChI is InChI=1S/C31H20IN/c32-29-16-14-22(15-17-29)27-13-9-23-8-12-26(19-28(23)20-27)21-6-10-24(11-7-21)30-5-1-3-25-4-2-18-33-31(25)30/h1-20H. The van der Waals surface area contributed by atoms with Crippen molar-refractivity contribution in [2.24, 2.45) is 0 Å². The van der Waals surface area contributed by atoms with E-state index in [2.05, 4.69) is 137 Å². The number of para-hydroxylation sites is 1. The molecule has 6 rings (SSSR count). The Labute approximate surface area is 206 Å². The average molecular weight is 533 g/mol. The molecule has 0 aliphatic rings. The Hall–Kier alpha value is -3.50. The summed E-state index contributed by atoms with van der Waals surface area (Å²) < 4.78 is 1.25. The minimum absolute atomic E-state index is 1.04. The van der Waals surface area contributed by atoms with Crippen LogP contribution in [0.2, 0.25) is 0 Å². The van der Waals surface area contributed by atoms with Crippen LogP contribution in [0.3, 0.4) is 0 Å². The Morgan fingerprint density at radius 2 is 1.03 bits per heavy atom. The first-order chi connectivity index (χ1) is 16.2. The molecule has 0 radical (unpaired) electrons. The molecule has 0 spiro atoms. The smallest absolute Gasteiger partial charge is 0.0780 e. The van der Waals surface area contributed by atoms with Gasteiger partial charge < -0.3 is 0 Å². The van der Waals surface area contributed by atoms with E-state index in [-0.39, 0.29) is 0 Å². The minimum atomic E-state index is 1.04. The van der Waals surface area contributed by atoms with Crippen LogP contribution in [0, 0.1) is 3.57 Å². The van der Waals surface area contributed by atoms with E-state index in [1.165, 1.54) is 47.7 Å². The average Bonchev–Trinajstić information content (AvgIpc) is 2.88. The number of fused-ring (bicyclic) bond motifs is 2. The summed E-state index contributed by atoms with van der Waals surface area (Å²) in [6, 6.07) is 41.4. The predicted molar refractivity (Wildman–Crippen MR) is 148 cm³/mol. The van der Waals surface area contributed by atoms with E-state index < -0.39 is 0 Å². The molecule has 1 aromatic heterocycles. The van der Waals surface area contributed by atoms with Crippen molar-refractivity contribution in [3.63, 3.8) is 0 Å². The number of hydrogen-bond acceptors (Lipinski definition) is 1. The van der Waals surface area contributed by atoms with Crippen molar-refractivity contribution >= 4 is 44.3 Å². The highest BCUT2D eigenvalue weighted by atomic mass is 127. The Morgan fingerprint density at radius 1 is 0.455 bits per heavy atom. The SMILES string of the molecule is Ic1ccc(-c2ccc3ccc(-c4ccc(-c5cccc6cccnc56)cc4)cc3c2)cc1. The van der Waals surface area contributed by atoms with E-state index in [1.54, 1.807) is 0 Å². The lowest BCUT2D eigenvalue weighted by Crippen LogP contribution is -1.85. The van der Waals surface area contributed by atoms with Gasteiger partial charge in [-0.25, -0.2) is 0 Å². The van der Waals surface area contributed by atoms with E-state index >= 15 is 0 Å². The highest BCUT2D eigenvalue weighted by Gasteiger charge is 2.07. The van der Waals surface area contributed by atoms with Crippen molar-refractivity contribution in [3.8, 4) is 33.4 Å². The minimum Gasteiger partial charge on any atom is -0.256 e. The summed E-state index contributed by atoms with van der Waals surface area (Å²) in [6.45, 7) is 0. The number of rotatable bonds is 3. The van der Waals surface area contributed by atoms with Gasteiger partial charge in [0.25, 0.3) is 0 Å². The van der Waals surface area contributed by atoms with Crippen LogP contribution in [0.25, 0.3) is 55.1 Å². The topological polar surface area (TPSA) is 12.9 Å². The maximum absolute atomic E-state index is 4.61. The monoisotopic (exact) mass is 533 g/mol. The number of benzene rings is 5. The molecule has 5 aromatic carbocycles. The molecule has 0 unspecified atom stereocenters. The molecule has 0 aliphatic heterocycles. The Bertz CT molecular complexity index is 1590. The highest BCUT2D eigenvalue weighted by molar-refractivity contribution is 14.1. The van der Waals surface area contributed by atoms with Crippen LogP contribution in [0.5, 0.6) is 0 Å². The van der Waals surface area contributed by atoms with Gasteiger partial charge in [-0.1, -0.05) is 84.9 Å². The van der Waals surface area contributed by atoms with Crippen LogP contribution < -0.4 is 0 Å². The van der Waals surface area contributed by atoms with Crippen LogP contribution in [0.1, 0.15) is 0 Å². The van der Waals surface area contributed by atoms with Crippen LogP contribution in [-0.2, 0) is 0 Å². The number of halogens is 1. The fourth-order valence-corrected chi connectivity index (χ4v) is 4.79. The highest BCUT2D eigenvalue weighted by Crippen LogP contribution is 2.32. The molecule has 33 heavy (non-hydrogen) atoms. The van der Waals surface area contributed by atoms with Gasteiger partial charge in [-0.15, -0.1) is 0 Å². The summed E-state index contributed by atoms with van der Waals surface area (Å²) in [4.78, 5) is 4.61. The molecule has 0 bridgehead atoms. The number of aromatic nitrogens is 1. The lowest BCUT2D eigenvalue weighted by Gasteiger charge is -2.09. The molecular formula is C31H20IN. The van der Waals surface area contributed by atoms with Crippen LogP contribution in [0.15, 0.2) is 121 Å². The maximum atomic E-state index is 4.61. The van der Waals surface area contributed by atoms with Gasteiger partial charge >= 0.3 is 0 Å². The molecule has 0 aliphatic carbocycles. The van der Waals surface area contributed by atoms with Gasteiger partial charge in [0.05, 0.1) is 5.52 Å². The zero-order valence-electron chi connectivity index (χ0n) is 17.9. The molecule has 2 heteroatoms. The molecule has 1 heterocycles. The summed E-state index contributed by atoms with van der Waals surface area (Å²) in [5, 5.41) is 3.68. The van der Waals surface area contributed by atoms with E-state index in [9.17, 15) is 0 Å². The van der Waals surface area contributed by atoms with Crippen molar-refractivity contribution in [1.82, 2.24) is 4.98 Å². The second-order valence-corrected chi connectivity index (χ2v) is 9.49. The summed E-state index contributed by atoms with van der Waals surface area (Å²) in [6.07, 6.45) is 1.86. The lowest BCUT2D eigenvalue weighted by atomic mass is 9.96. The first kappa shape index (κ1) is 20.1. The number of hydrogen-bond donors (Lipinski definition) is 0. The van der Waals surface area contributed by atoms with Crippen LogP contribution >= 0.6 is 22.6 Å². The Morgan fingerprint density at radius 3 is 1.73 bits per heavy atom. The second kappa shape index (κ2) is 8.45. The molecule has 1 nitrogen and oxygen atoms in total. The quantitative estimate of drug-likeness (QED) is 0.207. The zero-order chi connectivity index (χ0) is 22.2. The predicted octanol–water partition coefficient (Wildman–Crippen LogP) is 8.99. The first-order valence-electron chi connectivity index (χ1n) is 11.0. The van der Waals surface area contributed by atoms with Crippen LogP contribution in [-0.4, -0.2) is 4.98 Å². The Balaban J connectivity index is 1.37. The third-order valence-corrected chi connectivity index (χ3v) is 6.90. The van der Waals surface area contributed by atoms with Crippen molar-refractivity contribution < 1.29 is 0 Å². The fourth-order valence-electron chi connectivity index (χ4n) is 4.43. The summed E-state index contributed by atoms with van der Waals surface area (Å²) in [7, 11) is 0. The van der Waals surface area contributed by atoms with Crippen molar-refractivity contribution in [3.05, 3.63) is 125 Å². The molecule has 0 fully saturated rings. The van der Waals surface area contributed by atoms with Gasteiger partial charge in [0.15, 0.2) is 0 Å². The molecule has 0 saturated carbocycles. The summed E-state index contributed by atoms with van der Waals surface area (Å²) in [5.41, 5.74) is 8.33. The van der Waals surface area contributed by atoms with Gasteiger partial charge in [0, 0.05) is 20.7 Å². The largest absolute Gasteiger partial charge is 0.256 e. The van der Waals surface area contributed by atoms with Gasteiger partial charge in [-0.2, -0.15) is 0 Å². The number of nitrogens with zero attached hydrogens (tertiary/aromatic N) is 1. The first-order valence-corrected chi connectivity index (χ1v) is 12.1. The normalized spacial score (nSPS) is 11.2. The van der Waals surface area contributed by atoms with E-state index in [1.807, 2.05) is 12.3 Å². The number of pyridine rings is 1. The van der Waals surface area contributed by atoms with E-state index in [0.717, 1.165) is 10.9 Å². The Kier molecular flexibility index (Phi) is 5.16. The van der Waals surface area contributed by atoms with Crippen molar-refractivity contribution in [2.75, 3.05) is 0 Å². The van der Waals surface area contributed by atoms with Crippen molar-refractivity contribution in [1.29, 1.82) is 0 Å². The van der Waals surface area contributed by atoms with Gasteiger partial charge in [-0.05, 0) is 91.5 Å². The molecule has 0 amide bonds. The summed E-state index contributed by atoms with van der Waals surface area (Å²) >= 11 is 2.35. The third-order valence-electron chi connectivity index (χ3n) is 6.18. The van der Waals surface area contributed by atoms with Gasteiger partial charge in [-0.3, -0.25) is 4.98 Å². The van der Waals surface area contributed by atoms with Gasteiger partial charge in [0.1, 0.15) is 0 Å². The van der Waals surface area contributed by atoms with Gasteiger partial charge in [0.2, 0.25) is 0 Å². The molecule has 6 aromatic rings. The van der Waals surface area contributed by atoms with E-state index in [4.69, 9.17) is 0 Å². The molecule has 0 atom stereocenters. The molecule has 0 N–H and O–H groups in total. The molecule has 156 valence electrons. The zero-order valence-corrected chi connectivity index (χ0v) is 20.0. The molecular weight excluding hydrogens is 513 g/mol. The summed E-state index contributed by atoms with van der Waals surface area (Å²) in [5.74, 6) is 0. The molecule has 0 saturated heterocycles. The maximum Gasteiger partial charge on any atom is 0.0780 e. The van der Waals surface area contributed by atoms with Crippen LogP contribution in [0.4, 0.5) is 0 Å². The second-order valence-electron chi connectivity index (χ2n) is 8.24. The van der Waals surface area contributed by atoms with Crippen molar-refractivity contribution in [2.45, 2.75) is 0 Å². The fraction of sp³-hybridized carbons (Fsp3) is 0.